The van der Waals surface area contributed by atoms with E-state index in [2.05, 4.69) is 32.0 Å². The van der Waals surface area contributed by atoms with E-state index < -0.39 is 0 Å². The summed E-state index contributed by atoms with van der Waals surface area (Å²) in [5.74, 6) is 0.987. The van der Waals surface area contributed by atoms with E-state index >= 15 is 0 Å². The fraction of sp³-hybridized carbons (Fsp3) is 0.500. The molecule has 1 N–H and O–H groups in total. The molecule has 0 radical (unpaired) electrons. The molecule has 3 heteroatoms. The van der Waals surface area contributed by atoms with Gasteiger partial charge in [0.2, 0.25) is 0 Å². The van der Waals surface area contributed by atoms with Crippen molar-refractivity contribution in [3.63, 3.8) is 0 Å². The normalized spacial score (nSPS) is 17.3. The first-order valence-electron chi connectivity index (χ1n) is 5.22. The minimum absolute atomic E-state index is 0.141. The van der Waals surface area contributed by atoms with E-state index in [9.17, 15) is 0 Å². The predicted molar refractivity (Wildman–Crippen MR) is 62.4 cm³/mol. The summed E-state index contributed by atoms with van der Waals surface area (Å²) in [5.41, 5.74) is 1.24. The topological polar surface area (TPSA) is 29.5 Å². The molecule has 0 saturated carbocycles. The Bertz CT molecular complexity index is 361. The van der Waals surface area contributed by atoms with Crippen LogP contribution in [0.2, 0.25) is 0 Å². The Hall–Kier alpha value is -0.670. The highest BCUT2D eigenvalue weighted by atomic mass is 32.2. The molecule has 1 aliphatic heterocycles. The summed E-state index contributed by atoms with van der Waals surface area (Å²) in [4.78, 5) is 1.07. The number of ether oxygens (including phenoxy) is 1. The SMILES string of the molecule is CC1(C)Oc2cc(CCCO)ccc2S1. The maximum atomic E-state index is 8.77. The Kier molecular flexibility index (Phi) is 2.94. The number of rotatable bonds is 3. The van der Waals surface area contributed by atoms with Crippen LogP contribution in [0.4, 0.5) is 0 Å². The van der Waals surface area contributed by atoms with Gasteiger partial charge in [0.1, 0.15) is 5.75 Å². The molecule has 2 nitrogen and oxygen atoms in total. The van der Waals surface area contributed by atoms with Crippen LogP contribution >= 0.6 is 11.8 Å². The van der Waals surface area contributed by atoms with Crippen LogP contribution in [0.1, 0.15) is 25.8 Å². The lowest BCUT2D eigenvalue weighted by atomic mass is 10.1. The van der Waals surface area contributed by atoms with E-state index in [-0.39, 0.29) is 11.5 Å². The monoisotopic (exact) mass is 224 g/mol. The summed E-state index contributed by atoms with van der Waals surface area (Å²) in [7, 11) is 0. The lowest BCUT2D eigenvalue weighted by Crippen LogP contribution is -2.18. The predicted octanol–water partition coefficient (Wildman–Crippen LogP) is 2.83. The quantitative estimate of drug-likeness (QED) is 0.856. The van der Waals surface area contributed by atoms with Crippen LogP contribution in [0.5, 0.6) is 5.75 Å². The van der Waals surface area contributed by atoms with Crippen LogP contribution in [0, 0.1) is 0 Å². The van der Waals surface area contributed by atoms with Crippen LogP contribution in [0.25, 0.3) is 0 Å². The third-order valence-electron chi connectivity index (χ3n) is 2.34. The third kappa shape index (κ3) is 2.47. The average Bonchev–Trinajstić information content (AvgIpc) is 2.47. The molecule has 1 aromatic rings. The minimum Gasteiger partial charge on any atom is -0.476 e. The van der Waals surface area contributed by atoms with E-state index in [0.717, 1.165) is 18.6 Å². The molecular formula is C12H16O2S. The van der Waals surface area contributed by atoms with E-state index in [1.54, 1.807) is 11.8 Å². The molecule has 0 spiro atoms. The Balaban J connectivity index is 2.15. The molecule has 0 saturated heterocycles. The van der Waals surface area contributed by atoms with Crippen molar-refractivity contribution in [1.82, 2.24) is 0 Å². The number of aliphatic hydroxyl groups excluding tert-OH is 1. The van der Waals surface area contributed by atoms with Gasteiger partial charge >= 0.3 is 0 Å². The second-order valence-corrected chi connectivity index (χ2v) is 5.84. The number of aryl methyl sites for hydroxylation is 1. The second kappa shape index (κ2) is 4.06. The second-order valence-electron chi connectivity index (χ2n) is 4.21. The molecule has 15 heavy (non-hydrogen) atoms. The van der Waals surface area contributed by atoms with Gasteiger partial charge in [-0.15, -0.1) is 0 Å². The van der Waals surface area contributed by atoms with E-state index in [1.807, 2.05) is 0 Å². The number of fused-ring (bicyclic) bond motifs is 1. The number of benzene rings is 1. The Labute approximate surface area is 94.6 Å². The maximum absolute atomic E-state index is 8.77. The highest BCUT2D eigenvalue weighted by molar-refractivity contribution is 8.00. The van der Waals surface area contributed by atoms with Crippen molar-refractivity contribution in [3.8, 4) is 5.75 Å². The van der Waals surface area contributed by atoms with Crippen molar-refractivity contribution >= 4 is 11.8 Å². The summed E-state index contributed by atoms with van der Waals surface area (Å²) < 4.78 is 5.82. The van der Waals surface area contributed by atoms with Gasteiger partial charge in [0.25, 0.3) is 0 Å². The number of hydrogen-bond donors (Lipinski definition) is 1. The summed E-state index contributed by atoms with van der Waals surface area (Å²) in [6, 6.07) is 6.32. The maximum Gasteiger partial charge on any atom is 0.153 e. The summed E-state index contributed by atoms with van der Waals surface area (Å²) in [6.45, 7) is 4.40. The average molecular weight is 224 g/mol. The minimum atomic E-state index is -0.141. The molecule has 1 aromatic carbocycles. The molecule has 0 unspecified atom stereocenters. The zero-order valence-electron chi connectivity index (χ0n) is 9.12. The fourth-order valence-corrected chi connectivity index (χ4v) is 2.70. The number of hydrogen-bond acceptors (Lipinski definition) is 3. The molecule has 0 fully saturated rings. The van der Waals surface area contributed by atoms with Gasteiger partial charge in [0.15, 0.2) is 4.93 Å². The zero-order valence-corrected chi connectivity index (χ0v) is 9.93. The van der Waals surface area contributed by atoms with Gasteiger partial charge in [0.05, 0.1) is 4.90 Å². The molecule has 0 aliphatic carbocycles. The molecule has 0 atom stereocenters. The van der Waals surface area contributed by atoms with Gasteiger partial charge in [0, 0.05) is 6.61 Å². The fourth-order valence-electron chi connectivity index (χ4n) is 1.71. The van der Waals surface area contributed by atoms with Crippen LogP contribution < -0.4 is 4.74 Å². The molecule has 1 heterocycles. The van der Waals surface area contributed by atoms with E-state index in [1.165, 1.54) is 10.5 Å². The van der Waals surface area contributed by atoms with Crippen molar-refractivity contribution in [2.45, 2.75) is 36.5 Å². The van der Waals surface area contributed by atoms with Gasteiger partial charge < -0.3 is 9.84 Å². The first kappa shape index (κ1) is 10.8. The number of thioether (sulfide) groups is 1. The molecule has 0 amide bonds. The van der Waals surface area contributed by atoms with Gasteiger partial charge in [-0.2, -0.15) is 0 Å². The Morgan fingerprint density at radius 2 is 2.20 bits per heavy atom. The molecular weight excluding hydrogens is 208 g/mol. The van der Waals surface area contributed by atoms with Crippen molar-refractivity contribution in [2.24, 2.45) is 0 Å². The highest BCUT2D eigenvalue weighted by Crippen LogP contribution is 2.47. The number of aliphatic hydroxyl groups is 1. The van der Waals surface area contributed by atoms with Crippen molar-refractivity contribution in [1.29, 1.82) is 0 Å². The van der Waals surface area contributed by atoms with Gasteiger partial charge in [-0.05, 0) is 44.4 Å². The Morgan fingerprint density at radius 3 is 2.93 bits per heavy atom. The first-order chi connectivity index (χ1) is 7.11. The zero-order chi connectivity index (χ0) is 10.9. The summed E-state index contributed by atoms with van der Waals surface area (Å²) in [5, 5.41) is 8.77. The van der Waals surface area contributed by atoms with Crippen molar-refractivity contribution in [3.05, 3.63) is 23.8 Å². The lowest BCUT2D eigenvalue weighted by molar-refractivity contribution is 0.214. The Morgan fingerprint density at radius 1 is 1.40 bits per heavy atom. The summed E-state index contributed by atoms with van der Waals surface area (Å²) in [6.07, 6.45) is 1.73. The smallest absolute Gasteiger partial charge is 0.153 e. The lowest BCUT2D eigenvalue weighted by Gasteiger charge is -2.15. The van der Waals surface area contributed by atoms with Gasteiger partial charge in [-0.25, -0.2) is 0 Å². The molecule has 1 aliphatic rings. The summed E-state index contributed by atoms with van der Waals surface area (Å²) >= 11 is 1.75. The van der Waals surface area contributed by atoms with E-state index in [4.69, 9.17) is 9.84 Å². The van der Waals surface area contributed by atoms with Crippen molar-refractivity contribution < 1.29 is 9.84 Å². The molecule has 0 aromatic heterocycles. The largest absolute Gasteiger partial charge is 0.476 e. The van der Waals surface area contributed by atoms with Gasteiger partial charge in [-0.1, -0.05) is 17.8 Å². The molecule has 0 bridgehead atoms. The van der Waals surface area contributed by atoms with Crippen molar-refractivity contribution in [2.75, 3.05) is 6.61 Å². The van der Waals surface area contributed by atoms with Crippen LogP contribution in [0.3, 0.4) is 0 Å². The molecule has 82 valence electrons. The standard InChI is InChI=1S/C12H16O2S/c1-12(2)14-10-8-9(4-3-7-13)5-6-11(10)15-12/h5-6,8,13H,3-4,7H2,1-2H3. The third-order valence-corrected chi connectivity index (χ3v) is 3.48. The van der Waals surface area contributed by atoms with Crippen LogP contribution in [-0.2, 0) is 6.42 Å². The van der Waals surface area contributed by atoms with Crippen LogP contribution in [-0.4, -0.2) is 16.6 Å². The van der Waals surface area contributed by atoms with Gasteiger partial charge in [-0.3, -0.25) is 0 Å². The molecule has 2 rings (SSSR count). The highest BCUT2D eigenvalue weighted by Gasteiger charge is 2.30. The van der Waals surface area contributed by atoms with E-state index in [0.29, 0.717) is 0 Å². The van der Waals surface area contributed by atoms with Crippen LogP contribution in [0.15, 0.2) is 23.1 Å². The first-order valence-corrected chi connectivity index (χ1v) is 6.04.